The highest BCUT2D eigenvalue weighted by atomic mass is 16.6. The van der Waals surface area contributed by atoms with Crippen molar-refractivity contribution in [3.8, 4) is 5.75 Å². The van der Waals surface area contributed by atoms with Crippen LogP contribution in [0.25, 0.3) is 0 Å². The molecule has 0 aliphatic heterocycles. The summed E-state index contributed by atoms with van der Waals surface area (Å²) in [6.45, 7) is 9.85. The van der Waals surface area contributed by atoms with Crippen LogP contribution in [-0.4, -0.2) is 52.1 Å². The molecule has 212 valence electrons. The number of phenols is 1. The van der Waals surface area contributed by atoms with Crippen molar-refractivity contribution in [1.82, 2.24) is 15.5 Å². The van der Waals surface area contributed by atoms with E-state index in [0.29, 0.717) is 6.54 Å². The first-order chi connectivity index (χ1) is 18.5. The van der Waals surface area contributed by atoms with E-state index in [9.17, 15) is 19.5 Å². The van der Waals surface area contributed by atoms with Crippen LogP contribution in [0, 0.1) is 6.92 Å². The van der Waals surface area contributed by atoms with Crippen molar-refractivity contribution in [3.05, 3.63) is 65.2 Å². The lowest BCUT2D eigenvalue weighted by Crippen LogP contribution is -2.58. The molecule has 3 amide bonds. The fraction of sp³-hybridized carbons (Fsp3) is 0.516. The fourth-order valence-corrected chi connectivity index (χ4v) is 4.55. The van der Waals surface area contributed by atoms with Gasteiger partial charge in [-0.05, 0) is 76.6 Å². The van der Waals surface area contributed by atoms with Gasteiger partial charge in [-0.3, -0.25) is 9.59 Å². The van der Waals surface area contributed by atoms with Gasteiger partial charge in [0.1, 0.15) is 23.4 Å². The summed E-state index contributed by atoms with van der Waals surface area (Å²) in [5.74, 6) is -0.455. The predicted molar refractivity (Wildman–Crippen MR) is 151 cm³/mol. The van der Waals surface area contributed by atoms with Crippen molar-refractivity contribution >= 4 is 17.9 Å². The SMILES string of the molecule is CCCCNC(=O)C(c1ccc(C)cc1)N(C(=O)C(Cc1ccc(O)cc1)NC(=O)OC(C)(C)C)C1CCC1. The van der Waals surface area contributed by atoms with Gasteiger partial charge >= 0.3 is 6.09 Å². The Balaban J connectivity index is 2.00. The molecule has 2 unspecified atom stereocenters. The molecule has 0 aromatic heterocycles. The normalized spacial score (nSPS) is 15.0. The Morgan fingerprint density at radius 3 is 2.23 bits per heavy atom. The fourth-order valence-electron chi connectivity index (χ4n) is 4.55. The molecule has 1 fully saturated rings. The van der Waals surface area contributed by atoms with Crippen molar-refractivity contribution < 1.29 is 24.2 Å². The van der Waals surface area contributed by atoms with Gasteiger partial charge in [-0.25, -0.2) is 4.79 Å². The van der Waals surface area contributed by atoms with Crippen LogP contribution in [0.5, 0.6) is 5.75 Å². The summed E-state index contributed by atoms with van der Waals surface area (Å²) in [6, 6.07) is 12.3. The summed E-state index contributed by atoms with van der Waals surface area (Å²) in [5, 5.41) is 15.5. The highest BCUT2D eigenvalue weighted by molar-refractivity contribution is 5.92. The van der Waals surface area contributed by atoms with Crippen molar-refractivity contribution in [2.24, 2.45) is 0 Å². The van der Waals surface area contributed by atoms with Gasteiger partial charge in [0.2, 0.25) is 11.8 Å². The zero-order valence-corrected chi connectivity index (χ0v) is 23.8. The second-order valence-corrected chi connectivity index (χ2v) is 11.4. The summed E-state index contributed by atoms with van der Waals surface area (Å²) in [5.41, 5.74) is 1.81. The number of phenolic OH excluding ortho intramolecular Hbond substituents is 1. The van der Waals surface area contributed by atoms with Crippen molar-refractivity contribution in [2.45, 2.75) is 96.9 Å². The van der Waals surface area contributed by atoms with Crippen molar-refractivity contribution in [3.63, 3.8) is 0 Å². The third kappa shape index (κ3) is 8.73. The van der Waals surface area contributed by atoms with Crippen LogP contribution in [0.2, 0.25) is 0 Å². The molecule has 0 bridgehead atoms. The van der Waals surface area contributed by atoms with Crippen LogP contribution in [0.15, 0.2) is 48.5 Å². The Labute approximate surface area is 232 Å². The van der Waals surface area contributed by atoms with E-state index < -0.39 is 23.8 Å². The second kappa shape index (κ2) is 13.5. The van der Waals surface area contributed by atoms with Gasteiger partial charge in [0, 0.05) is 19.0 Å². The Morgan fingerprint density at radius 1 is 1.05 bits per heavy atom. The van der Waals surface area contributed by atoms with Crippen LogP contribution in [0.4, 0.5) is 4.79 Å². The largest absolute Gasteiger partial charge is 0.508 e. The van der Waals surface area contributed by atoms with Gasteiger partial charge in [0.15, 0.2) is 0 Å². The number of alkyl carbamates (subject to hydrolysis) is 1. The number of aromatic hydroxyl groups is 1. The Kier molecular flexibility index (Phi) is 10.4. The van der Waals surface area contributed by atoms with Crippen LogP contribution in [0.3, 0.4) is 0 Å². The third-order valence-corrected chi connectivity index (χ3v) is 6.84. The lowest BCUT2D eigenvalue weighted by Gasteiger charge is -2.43. The van der Waals surface area contributed by atoms with Gasteiger partial charge in [-0.15, -0.1) is 0 Å². The molecule has 0 spiro atoms. The minimum Gasteiger partial charge on any atom is -0.508 e. The van der Waals surface area contributed by atoms with E-state index in [2.05, 4.69) is 17.6 Å². The Morgan fingerprint density at radius 2 is 1.69 bits per heavy atom. The highest BCUT2D eigenvalue weighted by Crippen LogP contribution is 2.34. The number of aryl methyl sites for hydroxylation is 1. The first kappa shape index (κ1) is 30.0. The zero-order valence-electron chi connectivity index (χ0n) is 23.8. The first-order valence-electron chi connectivity index (χ1n) is 13.9. The van der Waals surface area contributed by atoms with E-state index in [1.165, 1.54) is 0 Å². The number of hydrogen-bond donors (Lipinski definition) is 3. The molecule has 2 aromatic rings. The van der Waals surface area contributed by atoms with Crippen LogP contribution < -0.4 is 10.6 Å². The molecule has 0 heterocycles. The lowest BCUT2D eigenvalue weighted by atomic mass is 9.87. The first-order valence-corrected chi connectivity index (χ1v) is 13.9. The van der Waals surface area contributed by atoms with Gasteiger partial charge < -0.3 is 25.4 Å². The Bertz CT molecular complexity index is 1100. The number of carbonyl (C=O) groups excluding carboxylic acids is 3. The summed E-state index contributed by atoms with van der Waals surface area (Å²) < 4.78 is 5.49. The average Bonchev–Trinajstić information content (AvgIpc) is 2.83. The number of nitrogens with one attached hydrogen (secondary N) is 2. The zero-order chi connectivity index (χ0) is 28.6. The quantitative estimate of drug-likeness (QED) is 0.343. The molecule has 8 heteroatoms. The predicted octanol–water partition coefficient (Wildman–Crippen LogP) is 5.18. The topological polar surface area (TPSA) is 108 Å². The van der Waals surface area contributed by atoms with E-state index in [1.807, 2.05) is 31.2 Å². The maximum absolute atomic E-state index is 14.4. The number of ether oxygens (including phenoxy) is 1. The monoisotopic (exact) mass is 537 g/mol. The minimum atomic E-state index is -0.971. The number of nitrogens with zero attached hydrogens (tertiary/aromatic N) is 1. The molecule has 1 aliphatic carbocycles. The van der Waals surface area contributed by atoms with E-state index in [4.69, 9.17) is 4.74 Å². The van der Waals surface area contributed by atoms with Crippen LogP contribution >= 0.6 is 0 Å². The number of unbranched alkanes of at least 4 members (excludes halogenated alkanes) is 1. The smallest absolute Gasteiger partial charge is 0.408 e. The second-order valence-electron chi connectivity index (χ2n) is 11.4. The van der Waals surface area contributed by atoms with Gasteiger partial charge in [0.25, 0.3) is 0 Å². The average molecular weight is 538 g/mol. The number of carbonyl (C=O) groups is 3. The van der Waals surface area contributed by atoms with Crippen molar-refractivity contribution in [2.75, 3.05) is 6.54 Å². The summed E-state index contributed by atoms with van der Waals surface area (Å²) in [7, 11) is 0. The molecule has 2 atom stereocenters. The third-order valence-electron chi connectivity index (χ3n) is 6.84. The molecular weight excluding hydrogens is 494 g/mol. The Hall–Kier alpha value is -3.55. The molecule has 2 aromatic carbocycles. The molecular formula is C31H43N3O5. The minimum absolute atomic E-state index is 0.112. The molecule has 0 saturated heterocycles. The summed E-state index contributed by atoms with van der Waals surface area (Å²) in [6.07, 6.45) is 3.80. The van der Waals surface area contributed by atoms with E-state index in [0.717, 1.165) is 48.8 Å². The number of benzene rings is 2. The summed E-state index contributed by atoms with van der Waals surface area (Å²) >= 11 is 0. The van der Waals surface area contributed by atoms with Gasteiger partial charge in [-0.1, -0.05) is 55.3 Å². The van der Waals surface area contributed by atoms with E-state index in [-0.39, 0.29) is 30.0 Å². The van der Waals surface area contributed by atoms with Crippen LogP contribution in [0.1, 0.15) is 82.5 Å². The van der Waals surface area contributed by atoms with E-state index in [1.54, 1.807) is 49.9 Å². The standard InChI is InChI=1S/C31H43N3O5/c1-6-7-19-32-28(36)27(23-15-11-21(2)12-16-23)34(24-9-8-10-24)29(37)26(33-30(38)39-31(3,4)5)20-22-13-17-25(35)18-14-22/h11-18,24,26-27,35H,6-10,19-20H2,1-5H3,(H,32,36)(H,33,38). The highest BCUT2D eigenvalue weighted by Gasteiger charge is 2.42. The molecule has 8 nitrogen and oxygen atoms in total. The van der Waals surface area contributed by atoms with Crippen molar-refractivity contribution in [1.29, 1.82) is 0 Å². The molecule has 39 heavy (non-hydrogen) atoms. The van der Waals surface area contributed by atoms with Gasteiger partial charge in [-0.2, -0.15) is 0 Å². The molecule has 3 rings (SSSR count). The van der Waals surface area contributed by atoms with Gasteiger partial charge in [0.05, 0.1) is 0 Å². The molecule has 1 aliphatic rings. The van der Waals surface area contributed by atoms with E-state index >= 15 is 0 Å². The summed E-state index contributed by atoms with van der Waals surface area (Å²) in [4.78, 5) is 42.6. The lowest BCUT2D eigenvalue weighted by molar-refractivity contribution is -0.147. The maximum Gasteiger partial charge on any atom is 0.408 e. The number of hydrogen-bond acceptors (Lipinski definition) is 5. The molecule has 3 N–H and O–H groups in total. The number of amides is 3. The molecule has 0 radical (unpaired) electrons. The maximum atomic E-state index is 14.4. The number of rotatable bonds is 11. The van der Waals surface area contributed by atoms with Crippen LogP contribution in [-0.2, 0) is 20.7 Å². The molecule has 1 saturated carbocycles.